The predicted octanol–water partition coefficient (Wildman–Crippen LogP) is 4.18. The van der Waals surface area contributed by atoms with Crippen molar-refractivity contribution in [3.63, 3.8) is 0 Å². The lowest BCUT2D eigenvalue weighted by Crippen LogP contribution is -2.30. The zero-order valence-corrected chi connectivity index (χ0v) is 14.6. The van der Waals surface area contributed by atoms with Crippen LogP contribution in [0.5, 0.6) is 0 Å². The largest absolute Gasteiger partial charge is 0.335 e. The second-order valence-electron chi connectivity index (χ2n) is 5.50. The fourth-order valence-corrected chi connectivity index (χ4v) is 3.30. The van der Waals surface area contributed by atoms with Gasteiger partial charge in [0.05, 0.1) is 27.3 Å². The van der Waals surface area contributed by atoms with Crippen molar-refractivity contribution in [3.8, 4) is 10.6 Å². The van der Waals surface area contributed by atoms with Crippen LogP contribution in [0.4, 0.5) is 0 Å². The molecule has 4 nitrogen and oxygen atoms in total. The van der Waals surface area contributed by atoms with E-state index in [0.717, 1.165) is 21.8 Å². The zero-order chi connectivity index (χ0) is 16.9. The molecule has 0 bridgehead atoms. The van der Waals surface area contributed by atoms with E-state index in [-0.39, 0.29) is 5.91 Å². The molecule has 1 amide bonds. The lowest BCUT2D eigenvalue weighted by Gasteiger charge is -2.21. The minimum atomic E-state index is 0.00132. The Kier molecular flexibility index (Phi) is 5.01. The van der Waals surface area contributed by atoms with Crippen LogP contribution in [0, 0.1) is 6.92 Å². The van der Waals surface area contributed by atoms with Gasteiger partial charge in [-0.05, 0) is 31.5 Å². The van der Waals surface area contributed by atoms with Crippen molar-refractivity contribution >= 4 is 17.2 Å². The molecule has 0 aliphatic carbocycles. The molecule has 5 heteroatoms. The van der Waals surface area contributed by atoms with Gasteiger partial charge in [-0.15, -0.1) is 11.3 Å². The average molecular weight is 337 g/mol. The van der Waals surface area contributed by atoms with Crippen LogP contribution >= 0.6 is 11.3 Å². The van der Waals surface area contributed by atoms with Crippen molar-refractivity contribution in [2.45, 2.75) is 20.4 Å². The van der Waals surface area contributed by atoms with E-state index in [1.807, 2.05) is 66.7 Å². The molecule has 24 heavy (non-hydrogen) atoms. The molecule has 0 fully saturated rings. The molecule has 0 radical (unpaired) electrons. The van der Waals surface area contributed by atoms with E-state index in [4.69, 9.17) is 0 Å². The monoisotopic (exact) mass is 337 g/mol. The molecule has 0 aliphatic heterocycles. The van der Waals surface area contributed by atoms with Gasteiger partial charge in [-0.3, -0.25) is 9.78 Å². The smallest absolute Gasteiger partial charge is 0.255 e. The molecule has 0 N–H and O–H groups in total. The minimum Gasteiger partial charge on any atom is -0.335 e. The van der Waals surface area contributed by atoms with Gasteiger partial charge in [0, 0.05) is 19.3 Å². The normalized spacial score (nSPS) is 10.6. The molecule has 2 aromatic heterocycles. The topological polar surface area (TPSA) is 46.1 Å². The van der Waals surface area contributed by atoms with Crippen LogP contribution in [0.15, 0.2) is 54.2 Å². The Bertz CT molecular complexity index is 812. The fourth-order valence-electron chi connectivity index (χ4n) is 2.52. The summed E-state index contributed by atoms with van der Waals surface area (Å²) in [4.78, 5) is 24.3. The number of thiazole rings is 1. The zero-order valence-electron chi connectivity index (χ0n) is 13.8. The van der Waals surface area contributed by atoms with E-state index in [1.165, 1.54) is 0 Å². The molecule has 3 rings (SSSR count). The number of aryl methyl sites for hydroxylation is 1. The van der Waals surface area contributed by atoms with Crippen LogP contribution in [-0.2, 0) is 6.54 Å². The first-order chi connectivity index (χ1) is 11.7. The maximum Gasteiger partial charge on any atom is 0.255 e. The maximum absolute atomic E-state index is 12.7. The van der Waals surface area contributed by atoms with Crippen LogP contribution in [0.2, 0.25) is 0 Å². The Balaban J connectivity index is 1.77. The molecular weight excluding hydrogens is 318 g/mol. The number of rotatable bonds is 5. The van der Waals surface area contributed by atoms with Gasteiger partial charge >= 0.3 is 0 Å². The van der Waals surface area contributed by atoms with Gasteiger partial charge in [-0.25, -0.2) is 4.98 Å². The summed E-state index contributed by atoms with van der Waals surface area (Å²) in [5.41, 5.74) is 5.36. The van der Waals surface area contributed by atoms with Gasteiger partial charge in [0.2, 0.25) is 0 Å². The summed E-state index contributed by atoms with van der Waals surface area (Å²) in [5.74, 6) is 0.00132. The molecule has 0 saturated heterocycles. The highest BCUT2D eigenvalue weighted by Gasteiger charge is 2.15. The van der Waals surface area contributed by atoms with E-state index >= 15 is 0 Å². The number of hydrogen-bond donors (Lipinski definition) is 0. The minimum absolute atomic E-state index is 0.00132. The number of hydrogen-bond acceptors (Lipinski definition) is 4. The Morgan fingerprint density at radius 2 is 1.92 bits per heavy atom. The van der Waals surface area contributed by atoms with E-state index in [9.17, 15) is 4.79 Å². The quantitative estimate of drug-likeness (QED) is 0.702. The SMILES string of the molecule is CCN(Cc1ccccc1)C(=O)c1ccc(-c2scnc2C)nc1. The number of aromatic nitrogens is 2. The van der Waals surface area contributed by atoms with Crippen molar-refractivity contribution in [3.05, 3.63) is 71.0 Å². The fraction of sp³-hybridized carbons (Fsp3) is 0.211. The second-order valence-corrected chi connectivity index (χ2v) is 6.36. The van der Waals surface area contributed by atoms with E-state index in [2.05, 4.69) is 9.97 Å². The van der Waals surface area contributed by atoms with Gasteiger partial charge in [-0.1, -0.05) is 30.3 Å². The van der Waals surface area contributed by atoms with Gasteiger partial charge in [0.25, 0.3) is 5.91 Å². The second kappa shape index (κ2) is 7.36. The van der Waals surface area contributed by atoms with Gasteiger partial charge in [0.15, 0.2) is 0 Å². The van der Waals surface area contributed by atoms with E-state index in [1.54, 1.807) is 17.5 Å². The highest BCUT2D eigenvalue weighted by molar-refractivity contribution is 7.13. The molecule has 122 valence electrons. The predicted molar refractivity (Wildman–Crippen MR) is 96.9 cm³/mol. The number of carbonyl (C=O) groups excluding carboxylic acids is 1. The van der Waals surface area contributed by atoms with Crippen LogP contribution < -0.4 is 0 Å². The summed E-state index contributed by atoms with van der Waals surface area (Å²) in [6.07, 6.45) is 1.66. The molecule has 0 saturated carbocycles. The standard InChI is InChI=1S/C19H19N3OS/c1-3-22(12-15-7-5-4-6-8-15)19(23)16-9-10-17(20-11-16)18-14(2)21-13-24-18/h4-11,13H,3,12H2,1-2H3. The van der Waals surface area contributed by atoms with Crippen molar-refractivity contribution in [2.24, 2.45) is 0 Å². The van der Waals surface area contributed by atoms with Crippen molar-refractivity contribution in [2.75, 3.05) is 6.54 Å². The number of pyridine rings is 1. The van der Waals surface area contributed by atoms with Crippen molar-refractivity contribution in [1.29, 1.82) is 0 Å². The number of amides is 1. The van der Waals surface area contributed by atoms with Crippen LogP contribution in [0.25, 0.3) is 10.6 Å². The average Bonchev–Trinajstić information content (AvgIpc) is 3.06. The van der Waals surface area contributed by atoms with E-state index < -0.39 is 0 Å². The Labute approximate surface area is 145 Å². The third-order valence-electron chi connectivity index (χ3n) is 3.87. The van der Waals surface area contributed by atoms with Crippen molar-refractivity contribution in [1.82, 2.24) is 14.9 Å². The number of carbonyl (C=O) groups is 1. The maximum atomic E-state index is 12.7. The third kappa shape index (κ3) is 3.51. The molecule has 0 spiro atoms. The first-order valence-electron chi connectivity index (χ1n) is 7.88. The summed E-state index contributed by atoms with van der Waals surface area (Å²) in [6.45, 7) is 5.21. The van der Waals surface area contributed by atoms with Gasteiger partial charge < -0.3 is 4.90 Å². The summed E-state index contributed by atoms with van der Waals surface area (Å²) < 4.78 is 0. The molecule has 0 aliphatic rings. The molecule has 2 heterocycles. The molecular formula is C19H19N3OS. The summed E-state index contributed by atoms with van der Waals surface area (Å²) in [5, 5.41) is 0. The number of nitrogens with zero attached hydrogens (tertiary/aromatic N) is 3. The van der Waals surface area contributed by atoms with Crippen LogP contribution in [-0.4, -0.2) is 27.3 Å². The Morgan fingerprint density at radius 1 is 1.12 bits per heavy atom. The highest BCUT2D eigenvalue weighted by Crippen LogP contribution is 2.25. The van der Waals surface area contributed by atoms with Crippen molar-refractivity contribution < 1.29 is 4.79 Å². The molecule has 3 aromatic rings. The van der Waals surface area contributed by atoms with Gasteiger partial charge in [-0.2, -0.15) is 0 Å². The summed E-state index contributed by atoms with van der Waals surface area (Å²) >= 11 is 1.56. The summed E-state index contributed by atoms with van der Waals surface area (Å²) in [6, 6.07) is 13.8. The molecule has 0 unspecified atom stereocenters. The van der Waals surface area contributed by atoms with E-state index in [0.29, 0.717) is 18.7 Å². The molecule has 1 aromatic carbocycles. The van der Waals surface area contributed by atoms with Gasteiger partial charge in [0.1, 0.15) is 0 Å². The third-order valence-corrected chi connectivity index (χ3v) is 4.82. The highest BCUT2D eigenvalue weighted by atomic mass is 32.1. The number of benzene rings is 1. The summed E-state index contributed by atoms with van der Waals surface area (Å²) in [7, 11) is 0. The lowest BCUT2D eigenvalue weighted by atomic mass is 10.1. The lowest BCUT2D eigenvalue weighted by molar-refractivity contribution is 0.0752. The van der Waals surface area contributed by atoms with Crippen LogP contribution in [0.1, 0.15) is 28.5 Å². The molecule has 0 atom stereocenters. The Hall–Kier alpha value is -2.53. The van der Waals surface area contributed by atoms with Crippen LogP contribution in [0.3, 0.4) is 0 Å². The first-order valence-corrected chi connectivity index (χ1v) is 8.76. The Morgan fingerprint density at radius 3 is 2.50 bits per heavy atom. The first kappa shape index (κ1) is 16.3.